The maximum absolute atomic E-state index is 12.0. The standard InChI is InChI=1S/C18H16Cl2N6O2S/c1-2-10-26-24-17(23-25-26)22-18(29)21-15(27)9-7-11-6-8-14(28-11)12-4-3-5-13(19)16(12)20/h3-9H,2,10H2,1H3,(H2,21,22,24,27,29). The first-order chi connectivity index (χ1) is 14.0. The molecule has 0 aliphatic heterocycles. The molecule has 29 heavy (non-hydrogen) atoms. The largest absolute Gasteiger partial charge is 0.457 e. The van der Waals surface area contributed by atoms with E-state index in [2.05, 4.69) is 26.0 Å². The number of aromatic nitrogens is 4. The van der Waals surface area contributed by atoms with Crippen molar-refractivity contribution in [3.05, 3.63) is 52.2 Å². The number of furan rings is 1. The highest BCUT2D eigenvalue weighted by Crippen LogP contribution is 2.34. The lowest BCUT2D eigenvalue weighted by Crippen LogP contribution is -2.33. The molecule has 8 nitrogen and oxygen atoms in total. The molecule has 0 unspecified atom stereocenters. The molecule has 0 radical (unpaired) electrons. The number of benzene rings is 1. The molecular weight excluding hydrogens is 435 g/mol. The lowest BCUT2D eigenvalue weighted by molar-refractivity contribution is -0.115. The number of anilines is 1. The average molecular weight is 451 g/mol. The highest BCUT2D eigenvalue weighted by atomic mass is 35.5. The van der Waals surface area contributed by atoms with Gasteiger partial charge in [0, 0.05) is 11.6 Å². The van der Waals surface area contributed by atoms with Crippen LogP contribution < -0.4 is 10.6 Å². The van der Waals surface area contributed by atoms with Crippen LogP contribution in [0.5, 0.6) is 0 Å². The zero-order valence-electron chi connectivity index (χ0n) is 15.2. The summed E-state index contributed by atoms with van der Waals surface area (Å²) in [6.45, 7) is 2.64. The zero-order chi connectivity index (χ0) is 20.8. The number of nitrogens with zero attached hydrogens (tertiary/aromatic N) is 4. The van der Waals surface area contributed by atoms with Gasteiger partial charge >= 0.3 is 0 Å². The third-order valence-electron chi connectivity index (χ3n) is 3.58. The number of nitrogens with one attached hydrogen (secondary N) is 2. The van der Waals surface area contributed by atoms with E-state index < -0.39 is 5.91 Å². The Hall–Kier alpha value is -2.75. The minimum absolute atomic E-state index is 0.0570. The minimum Gasteiger partial charge on any atom is -0.457 e. The van der Waals surface area contributed by atoms with Crippen molar-refractivity contribution in [1.29, 1.82) is 0 Å². The molecule has 2 aromatic heterocycles. The van der Waals surface area contributed by atoms with Crippen molar-refractivity contribution in [3.8, 4) is 11.3 Å². The van der Waals surface area contributed by atoms with E-state index in [-0.39, 0.29) is 11.1 Å². The molecule has 0 atom stereocenters. The first-order valence-electron chi connectivity index (χ1n) is 8.58. The van der Waals surface area contributed by atoms with Gasteiger partial charge in [0.2, 0.25) is 5.91 Å². The summed E-state index contributed by atoms with van der Waals surface area (Å²) in [5, 5.41) is 17.8. The second-order valence-corrected chi connectivity index (χ2v) is 6.98. The number of hydrogen-bond donors (Lipinski definition) is 2. The van der Waals surface area contributed by atoms with Gasteiger partial charge in [-0.05, 0) is 54.2 Å². The molecule has 150 valence electrons. The Labute approximate surface area is 181 Å². The van der Waals surface area contributed by atoms with Gasteiger partial charge in [-0.3, -0.25) is 15.4 Å². The Morgan fingerprint density at radius 3 is 2.93 bits per heavy atom. The van der Waals surface area contributed by atoms with Crippen LogP contribution in [0.3, 0.4) is 0 Å². The molecule has 11 heteroatoms. The number of thiocarbonyl (C=S) groups is 1. The molecule has 1 amide bonds. The van der Waals surface area contributed by atoms with E-state index in [1.54, 1.807) is 30.3 Å². The maximum atomic E-state index is 12.0. The molecule has 2 N–H and O–H groups in total. The molecular formula is C18H16Cl2N6O2S. The van der Waals surface area contributed by atoms with Crippen molar-refractivity contribution in [2.75, 3.05) is 5.32 Å². The number of halogens is 2. The summed E-state index contributed by atoms with van der Waals surface area (Å²) in [5.41, 5.74) is 0.664. The van der Waals surface area contributed by atoms with Gasteiger partial charge in [0.15, 0.2) is 5.11 Å². The molecule has 0 saturated heterocycles. The molecule has 0 aliphatic rings. The zero-order valence-corrected chi connectivity index (χ0v) is 17.6. The Morgan fingerprint density at radius 1 is 1.31 bits per heavy atom. The van der Waals surface area contributed by atoms with Gasteiger partial charge in [0.25, 0.3) is 5.95 Å². The normalized spacial score (nSPS) is 11.0. The fourth-order valence-corrected chi connectivity index (χ4v) is 2.90. The van der Waals surface area contributed by atoms with Crippen molar-refractivity contribution in [3.63, 3.8) is 0 Å². The van der Waals surface area contributed by atoms with Crippen LogP contribution in [-0.2, 0) is 11.3 Å². The number of carbonyl (C=O) groups excluding carboxylic acids is 1. The summed E-state index contributed by atoms with van der Waals surface area (Å²) in [5.74, 6) is 0.772. The number of aryl methyl sites for hydroxylation is 1. The van der Waals surface area contributed by atoms with Gasteiger partial charge < -0.3 is 4.42 Å². The molecule has 1 aromatic carbocycles. The van der Waals surface area contributed by atoms with Crippen LogP contribution in [0.1, 0.15) is 19.1 Å². The van der Waals surface area contributed by atoms with Crippen molar-refractivity contribution in [1.82, 2.24) is 25.5 Å². The molecule has 2 heterocycles. The molecule has 0 saturated carbocycles. The van der Waals surface area contributed by atoms with Crippen LogP contribution in [0.25, 0.3) is 17.4 Å². The number of amides is 1. The van der Waals surface area contributed by atoms with Crippen molar-refractivity contribution >= 4 is 58.5 Å². The van der Waals surface area contributed by atoms with Gasteiger partial charge in [-0.1, -0.05) is 41.3 Å². The summed E-state index contributed by atoms with van der Waals surface area (Å²) in [7, 11) is 0. The van der Waals surface area contributed by atoms with Crippen LogP contribution in [0.15, 0.2) is 40.8 Å². The highest BCUT2D eigenvalue weighted by Gasteiger charge is 2.11. The lowest BCUT2D eigenvalue weighted by Gasteiger charge is -2.03. The number of carbonyl (C=O) groups is 1. The van der Waals surface area contributed by atoms with E-state index in [1.165, 1.54) is 16.9 Å². The van der Waals surface area contributed by atoms with Crippen LogP contribution in [0, 0.1) is 0 Å². The quantitative estimate of drug-likeness (QED) is 0.429. The van der Waals surface area contributed by atoms with Crippen LogP contribution >= 0.6 is 35.4 Å². The first-order valence-corrected chi connectivity index (χ1v) is 9.74. The van der Waals surface area contributed by atoms with E-state index >= 15 is 0 Å². The molecule has 0 bridgehead atoms. The Morgan fingerprint density at radius 2 is 2.14 bits per heavy atom. The first kappa shape index (κ1) is 21.0. The van der Waals surface area contributed by atoms with Gasteiger partial charge in [-0.25, -0.2) is 0 Å². The fourth-order valence-electron chi connectivity index (χ4n) is 2.31. The minimum atomic E-state index is -0.442. The highest BCUT2D eigenvalue weighted by molar-refractivity contribution is 7.80. The van der Waals surface area contributed by atoms with Crippen molar-refractivity contribution < 1.29 is 9.21 Å². The van der Waals surface area contributed by atoms with E-state index in [0.717, 1.165) is 6.42 Å². The summed E-state index contributed by atoms with van der Waals surface area (Å²) in [6, 6.07) is 8.72. The Bertz CT molecular complexity index is 1060. The third-order valence-corrected chi connectivity index (χ3v) is 4.60. The second-order valence-electron chi connectivity index (χ2n) is 5.79. The lowest BCUT2D eigenvalue weighted by atomic mass is 10.2. The molecule has 0 fully saturated rings. The van der Waals surface area contributed by atoms with E-state index in [4.69, 9.17) is 39.8 Å². The summed E-state index contributed by atoms with van der Waals surface area (Å²) >= 11 is 17.3. The topological polar surface area (TPSA) is 97.9 Å². The molecule has 0 spiro atoms. The van der Waals surface area contributed by atoms with Crippen LogP contribution in [0.2, 0.25) is 10.0 Å². The van der Waals surface area contributed by atoms with Gasteiger partial charge in [0.05, 0.1) is 16.6 Å². The van der Waals surface area contributed by atoms with Gasteiger partial charge in [-0.2, -0.15) is 4.80 Å². The van der Waals surface area contributed by atoms with Crippen LogP contribution in [-0.4, -0.2) is 31.2 Å². The Kier molecular flexibility index (Phi) is 6.97. The third kappa shape index (κ3) is 5.63. The Balaban J connectivity index is 1.57. The van der Waals surface area contributed by atoms with Crippen molar-refractivity contribution in [2.45, 2.75) is 19.9 Å². The maximum Gasteiger partial charge on any atom is 0.269 e. The summed E-state index contributed by atoms with van der Waals surface area (Å²) in [4.78, 5) is 13.5. The fraction of sp³-hybridized carbons (Fsp3) is 0.167. The van der Waals surface area contributed by atoms with Crippen LogP contribution in [0.4, 0.5) is 5.95 Å². The molecule has 3 aromatic rings. The number of tetrazole rings is 1. The molecule has 0 aliphatic carbocycles. The molecule has 3 rings (SSSR count). The van der Waals surface area contributed by atoms with E-state index in [0.29, 0.717) is 33.7 Å². The van der Waals surface area contributed by atoms with E-state index in [1.807, 2.05) is 6.92 Å². The average Bonchev–Trinajstić information content (AvgIpc) is 3.32. The van der Waals surface area contributed by atoms with E-state index in [9.17, 15) is 4.79 Å². The van der Waals surface area contributed by atoms with Gasteiger partial charge in [0.1, 0.15) is 11.5 Å². The predicted octanol–water partition coefficient (Wildman–Crippen LogP) is 4.18. The number of rotatable bonds is 6. The van der Waals surface area contributed by atoms with Gasteiger partial charge in [-0.15, -0.1) is 5.10 Å². The monoisotopic (exact) mass is 450 g/mol. The second kappa shape index (κ2) is 9.64. The SMILES string of the molecule is CCCn1nnc(NC(=S)NC(=O)C=Cc2ccc(-c3cccc(Cl)c3Cl)o2)n1. The number of hydrogen-bond acceptors (Lipinski definition) is 6. The summed E-state index contributed by atoms with van der Waals surface area (Å²) < 4.78 is 5.69. The van der Waals surface area contributed by atoms with Crippen molar-refractivity contribution in [2.24, 2.45) is 0 Å². The summed E-state index contributed by atoms with van der Waals surface area (Å²) in [6.07, 6.45) is 3.67. The smallest absolute Gasteiger partial charge is 0.269 e. The predicted molar refractivity (Wildman–Crippen MR) is 116 cm³/mol.